The van der Waals surface area contributed by atoms with Crippen LogP contribution >= 0.6 is 24.0 Å². The molecule has 3 rings (SSSR count). The van der Waals surface area contributed by atoms with Gasteiger partial charge in [-0.25, -0.2) is 9.38 Å². The van der Waals surface area contributed by atoms with E-state index in [0.717, 1.165) is 55.4 Å². The number of aliphatic imine (C=N–C) groups is 1. The van der Waals surface area contributed by atoms with E-state index in [9.17, 15) is 4.39 Å². The average Bonchev–Trinajstić information content (AvgIpc) is 3.14. The highest BCUT2D eigenvalue weighted by Crippen LogP contribution is 2.24. The molecule has 27 heavy (non-hydrogen) atoms. The molecule has 2 aromatic rings. The lowest BCUT2D eigenvalue weighted by molar-refractivity contribution is 0.412. The number of nitrogens with one attached hydrogen (secondary N) is 2. The number of halogens is 2. The van der Waals surface area contributed by atoms with Crippen molar-refractivity contribution in [3.8, 4) is 0 Å². The highest BCUT2D eigenvalue weighted by Gasteiger charge is 2.22. The van der Waals surface area contributed by atoms with Crippen molar-refractivity contribution in [1.82, 2.24) is 15.8 Å². The number of rotatable bonds is 5. The highest BCUT2D eigenvalue weighted by molar-refractivity contribution is 14.0. The summed E-state index contributed by atoms with van der Waals surface area (Å²) in [5.74, 6) is 0.588. The molecule has 1 unspecified atom stereocenters. The lowest BCUT2D eigenvalue weighted by Gasteiger charge is -2.36. The lowest BCUT2D eigenvalue weighted by Crippen LogP contribution is -2.51. The topological polar surface area (TPSA) is 65.7 Å². The summed E-state index contributed by atoms with van der Waals surface area (Å²) < 4.78 is 18.2. The number of nitrogens with zero attached hydrogens (tertiary/aromatic N) is 3. The van der Waals surface area contributed by atoms with E-state index < -0.39 is 0 Å². The Bertz CT molecular complexity index is 738. The minimum absolute atomic E-state index is 0. The van der Waals surface area contributed by atoms with E-state index in [1.807, 2.05) is 26.0 Å². The molecule has 1 atom stereocenters. The summed E-state index contributed by atoms with van der Waals surface area (Å²) in [7, 11) is 0. The van der Waals surface area contributed by atoms with Gasteiger partial charge in [0, 0.05) is 37.4 Å². The standard InChI is InChI=1S/C19H26FN5O.HI/c1-3-21-19(22-12-16-8-10-26-24-16)23-17-5-4-9-25(13-17)18-7-6-15(20)11-14(18)2;/h6-8,10-11,17H,3-5,9,12-13H2,1-2H3,(H2,21,22,23);1H. The van der Waals surface area contributed by atoms with Crippen molar-refractivity contribution in [2.24, 2.45) is 4.99 Å². The van der Waals surface area contributed by atoms with Crippen molar-refractivity contribution >= 4 is 35.6 Å². The molecule has 1 saturated heterocycles. The minimum atomic E-state index is -0.188. The molecule has 148 valence electrons. The summed E-state index contributed by atoms with van der Waals surface area (Å²) in [4.78, 5) is 6.90. The molecule has 2 N–H and O–H groups in total. The van der Waals surface area contributed by atoms with Gasteiger partial charge in [-0.15, -0.1) is 24.0 Å². The van der Waals surface area contributed by atoms with Gasteiger partial charge < -0.3 is 20.1 Å². The van der Waals surface area contributed by atoms with Gasteiger partial charge in [0.2, 0.25) is 0 Å². The minimum Gasteiger partial charge on any atom is -0.369 e. The van der Waals surface area contributed by atoms with E-state index in [0.29, 0.717) is 6.54 Å². The Labute approximate surface area is 176 Å². The molecule has 0 amide bonds. The van der Waals surface area contributed by atoms with Gasteiger partial charge in [-0.2, -0.15) is 0 Å². The summed E-state index contributed by atoms with van der Waals surface area (Å²) in [6.45, 7) is 7.11. The fourth-order valence-corrected chi connectivity index (χ4v) is 3.28. The second-order valence-electron chi connectivity index (χ2n) is 6.55. The van der Waals surface area contributed by atoms with Gasteiger partial charge in [0.15, 0.2) is 5.96 Å². The molecule has 0 radical (unpaired) electrons. The molecule has 0 bridgehead atoms. The third-order valence-electron chi connectivity index (χ3n) is 4.50. The molecule has 0 saturated carbocycles. The number of benzene rings is 1. The van der Waals surface area contributed by atoms with Crippen molar-refractivity contribution in [3.05, 3.63) is 47.6 Å². The van der Waals surface area contributed by atoms with Crippen LogP contribution in [0.15, 0.2) is 40.0 Å². The molecular formula is C19H27FIN5O. The van der Waals surface area contributed by atoms with Crippen LogP contribution in [0.25, 0.3) is 0 Å². The van der Waals surface area contributed by atoms with E-state index in [2.05, 4.69) is 25.7 Å². The van der Waals surface area contributed by atoms with E-state index >= 15 is 0 Å². The van der Waals surface area contributed by atoms with Crippen LogP contribution in [0.5, 0.6) is 0 Å². The zero-order valence-corrected chi connectivity index (χ0v) is 18.1. The van der Waals surface area contributed by atoms with Crippen molar-refractivity contribution in [1.29, 1.82) is 0 Å². The number of guanidine groups is 1. The first-order chi connectivity index (χ1) is 12.7. The zero-order valence-electron chi connectivity index (χ0n) is 15.7. The smallest absolute Gasteiger partial charge is 0.191 e. The van der Waals surface area contributed by atoms with Crippen LogP contribution in [-0.2, 0) is 6.54 Å². The molecule has 1 aliphatic rings. The van der Waals surface area contributed by atoms with E-state index in [1.165, 1.54) is 6.07 Å². The molecule has 2 heterocycles. The SMILES string of the molecule is CCNC(=NCc1ccon1)NC1CCCN(c2ccc(F)cc2C)C1.I. The van der Waals surface area contributed by atoms with Crippen LogP contribution in [0.4, 0.5) is 10.1 Å². The van der Waals surface area contributed by atoms with Gasteiger partial charge in [-0.3, -0.25) is 0 Å². The summed E-state index contributed by atoms with van der Waals surface area (Å²) in [5, 5.41) is 10.7. The van der Waals surface area contributed by atoms with Crippen molar-refractivity contribution < 1.29 is 8.91 Å². The lowest BCUT2D eigenvalue weighted by atomic mass is 10.0. The Morgan fingerprint density at radius 3 is 2.96 bits per heavy atom. The maximum absolute atomic E-state index is 13.4. The van der Waals surface area contributed by atoms with Crippen molar-refractivity contribution in [3.63, 3.8) is 0 Å². The molecular weight excluding hydrogens is 460 g/mol. The fraction of sp³-hybridized carbons (Fsp3) is 0.474. The van der Waals surface area contributed by atoms with Gasteiger partial charge in [-0.1, -0.05) is 5.16 Å². The second-order valence-corrected chi connectivity index (χ2v) is 6.55. The monoisotopic (exact) mass is 487 g/mol. The summed E-state index contributed by atoms with van der Waals surface area (Å²) in [5.41, 5.74) is 2.87. The Balaban J connectivity index is 0.00000261. The molecule has 0 aliphatic carbocycles. The third-order valence-corrected chi connectivity index (χ3v) is 4.50. The predicted molar refractivity (Wildman–Crippen MR) is 116 cm³/mol. The average molecular weight is 487 g/mol. The van der Waals surface area contributed by atoms with Crippen LogP contribution in [0, 0.1) is 12.7 Å². The normalized spacial score (nSPS) is 17.4. The molecule has 8 heteroatoms. The van der Waals surface area contributed by atoms with Gasteiger partial charge in [0.05, 0.1) is 6.54 Å². The van der Waals surface area contributed by atoms with Gasteiger partial charge in [0.1, 0.15) is 17.8 Å². The molecule has 1 aromatic carbocycles. The highest BCUT2D eigenvalue weighted by atomic mass is 127. The molecule has 6 nitrogen and oxygen atoms in total. The van der Waals surface area contributed by atoms with Crippen LogP contribution in [-0.4, -0.2) is 36.8 Å². The van der Waals surface area contributed by atoms with Crippen molar-refractivity contribution in [2.45, 2.75) is 39.3 Å². The second kappa shape index (κ2) is 10.5. The quantitative estimate of drug-likeness (QED) is 0.384. The summed E-state index contributed by atoms with van der Waals surface area (Å²) >= 11 is 0. The predicted octanol–water partition coefficient (Wildman–Crippen LogP) is 3.46. The Morgan fingerprint density at radius 1 is 1.41 bits per heavy atom. The first-order valence-corrected chi connectivity index (χ1v) is 9.11. The number of anilines is 1. The van der Waals surface area contributed by atoms with Gasteiger partial charge in [-0.05, 0) is 50.5 Å². The zero-order chi connectivity index (χ0) is 18.4. The van der Waals surface area contributed by atoms with E-state index in [1.54, 1.807) is 12.3 Å². The van der Waals surface area contributed by atoms with Gasteiger partial charge >= 0.3 is 0 Å². The number of aromatic nitrogens is 1. The maximum atomic E-state index is 13.4. The number of aryl methyl sites for hydroxylation is 1. The molecule has 0 spiro atoms. The molecule has 1 aromatic heterocycles. The van der Waals surface area contributed by atoms with E-state index in [4.69, 9.17) is 4.52 Å². The molecule has 1 aliphatic heterocycles. The first-order valence-electron chi connectivity index (χ1n) is 9.11. The summed E-state index contributed by atoms with van der Waals surface area (Å²) in [6.07, 6.45) is 3.71. The van der Waals surface area contributed by atoms with E-state index in [-0.39, 0.29) is 35.8 Å². The van der Waals surface area contributed by atoms with Crippen LogP contribution in [0.2, 0.25) is 0 Å². The molecule has 1 fully saturated rings. The number of piperidine rings is 1. The Kier molecular flexibility index (Phi) is 8.33. The Morgan fingerprint density at radius 2 is 2.26 bits per heavy atom. The number of hydrogen-bond donors (Lipinski definition) is 2. The fourth-order valence-electron chi connectivity index (χ4n) is 3.28. The summed E-state index contributed by atoms with van der Waals surface area (Å²) in [6, 6.07) is 7.09. The van der Waals surface area contributed by atoms with Crippen LogP contribution < -0.4 is 15.5 Å². The number of hydrogen-bond acceptors (Lipinski definition) is 4. The third kappa shape index (κ3) is 6.08. The van der Waals surface area contributed by atoms with Crippen molar-refractivity contribution in [2.75, 3.05) is 24.5 Å². The largest absolute Gasteiger partial charge is 0.369 e. The first kappa shape index (κ1) is 21.5. The van der Waals surface area contributed by atoms with Gasteiger partial charge in [0.25, 0.3) is 0 Å². The van der Waals surface area contributed by atoms with Crippen LogP contribution in [0.1, 0.15) is 31.0 Å². The van der Waals surface area contributed by atoms with Crippen LogP contribution in [0.3, 0.4) is 0 Å². The maximum Gasteiger partial charge on any atom is 0.191 e. The Hall–Kier alpha value is -1.84.